The molecule has 2 unspecified atom stereocenters. The largest absolute Gasteiger partial charge is 0.488 e. The Morgan fingerprint density at radius 3 is 2.31 bits per heavy atom. The summed E-state index contributed by atoms with van der Waals surface area (Å²) in [5.74, 6) is 2.07. The van der Waals surface area contributed by atoms with E-state index in [0.29, 0.717) is 42.0 Å². The normalized spacial score (nSPS) is 15.8. The zero-order chi connectivity index (χ0) is 38.7. The van der Waals surface area contributed by atoms with Crippen LogP contribution < -0.4 is 20.7 Å². The molecule has 3 amide bonds. The molecule has 1 fully saturated rings. The fourth-order valence-electron chi connectivity index (χ4n) is 6.43. The van der Waals surface area contributed by atoms with E-state index in [4.69, 9.17) is 14.6 Å². The topological polar surface area (TPSA) is 148 Å². The van der Waals surface area contributed by atoms with Crippen molar-refractivity contribution in [2.24, 2.45) is 0 Å². The molecule has 7 rings (SSSR count). The number of aromatic nitrogens is 5. The highest BCUT2D eigenvalue weighted by molar-refractivity contribution is 6.07. The van der Waals surface area contributed by atoms with E-state index in [1.54, 1.807) is 15.8 Å². The number of carbonyl (C=O) groups is 2. The molecular formula is C42H45N9O4. The Hall–Kier alpha value is -6.34. The van der Waals surface area contributed by atoms with E-state index in [2.05, 4.69) is 51.7 Å². The summed E-state index contributed by atoms with van der Waals surface area (Å²) >= 11 is 0. The molecule has 0 radical (unpaired) electrons. The number of aryl methyl sites for hydroxylation is 1. The van der Waals surface area contributed by atoms with Gasteiger partial charge in [-0.15, -0.1) is 0 Å². The maximum absolute atomic E-state index is 13.5. The van der Waals surface area contributed by atoms with E-state index < -0.39 is 6.03 Å². The third-order valence-electron chi connectivity index (χ3n) is 9.18. The second-order valence-corrected chi connectivity index (χ2v) is 14.9. The molecule has 1 aliphatic rings. The zero-order valence-electron chi connectivity index (χ0n) is 31.8. The van der Waals surface area contributed by atoms with Crippen molar-refractivity contribution < 1.29 is 19.1 Å². The number of hydrogen-bond acceptors (Lipinski definition) is 9. The monoisotopic (exact) mass is 739 g/mol. The van der Waals surface area contributed by atoms with Crippen LogP contribution in [0.1, 0.15) is 61.9 Å². The van der Waals surface area contributed by atoms with Crippen molar-refractivity contribution in [3.05, 3.63) is 120 Å². The van der Waals surface area contributed by atoms with Gasteiger partial charge < -0.3 is 25.0 Å². The van der Waals surface area contributed by atoms with Crippen molar-refractivity contribution >= 4 is 45.9 Å². The number of urea groups is 1. The lowest BCUT2D eigenvalue weighted by molar-refractivity contribution is -0.0587. The first-order valence-corrected chi connectivity index (χ1v) is 18.3. The highest BCUT2D eigenvalue weighted by Gasteiger charge is 2.27. The molecule has 1 aliphatic heterocycles. The molecule has 1 saturated heterocycles. The second kappa shape index (κ2) is 15.6. The number of anilines is 4. The van der Waals surface area contributed by atoms with Crippen LogP contribution >= 0.6 is 0 Å². The minimum absolute atomic E-state index is 0.0345. The van der Waals surface area contributed by atoms with E-state index in [1.807, 2.05) is 99.6 Å². The van der Waals surface area contributed by atoms with Gasteiger partial charge in [-0.25, -0.2) is 24.4 Å². The number of hydrogen-bond donors (Lipinski definition) is 3. The van der Waals surface area contributed by atoms with Gasteiger partial charge in [0.05, 0.1) is 41.7 Å². The molecule has 6 aromatic rings. The fraction of sp³-hybridized carbons (Fsp3) is 0.286. The maximum Gasteiger partial charge on any atom is 0.324 e. The van der Waals surface area contributed by atoms with Crippen LogP contribution in [0.5, 0.6) is 5.75 Å². The number of amides is 3. The maximum atomic E-state index is 13.5. The smallest absolute Gasteiger partial charge is 0.324 e. The van der Waals surface area contributed by atoms with Gasteiger partial charge in [0, 0.05) is 41.5 Å². The van der Waals surface area contributed by atoms with Crippen LogP contribution in [0.25, 0.3) is 16.5 Å². The summed E-state index contributed by atoms with van der Waals surface area (Å²) in [6.45, 7) is 13.5. The average Bonchev–Trinajstić information content (AvgIpc) is 3.59. The van der Waals surface area contributed by atoms with Gasteiger partial charge in [0.25, 0.3) is 5.91 Å². The number of nitrogens with zero attached hydrogens (tertiary/aromatic N) is 6. The van der Waals surface area contributed by atoms with Crippen molar-refractivity contribution in [1.29, 1.82) is 0 Å². The molecule has 55 heavy (non-hydrogen) atoms. The molecule has 2 atom stereocenters. The molecule has 4 heterocycles. The Morgan fingerprint density at radius 2 is 1.60 bits per heavy atom. The van der Waals surface area contributed by atoms with Crippen LogP contribution in [0.3, 0.4) is 0 Å². The first-order chi connectivity index (χ1) is 26.4. The van der Waals surface area contributed by atoms with Crippen molar-refractivity contribution in [2.75, 3.05) is 29.0 Å². The highest BCUT2D eigenvalue weighted by atomic mass is 16.5. The number of rotatable bonds is 9. The van der Waals surface area contributed by atoms with Gasteiger partial charge in [0.15, 0.2) is 0 Å². The minimum Gasteiger partial charge on any atom is -0.488 e. The van der Waals surface area contributed by atoms with Gasteiger partial charge >= 0.3 is 6.03 Å². The first kappa shape index (κ1) is 37.0. The van der Waals surface area contributed by atoms with Crippen molar-refractivity contribution in [2.45, 2.75) is 65.8 Å². The predicted octanol–water partition coefficient (Wildman–Crippen LogP) is 8.03. The van der Waals surface area contributed by atoms with Gasteiger partial charge in [-0.3, -0.25) is 10.1 Å². The second-order valence-electron chi connectivity index (χ2n) is 14.9. The van der Waals surface area contributed by atoms with Crippen LogP contribution in [-0.2, 0) is 16.8 Å². The summed E-state index contributed by atoms with van der Waals surface area (Å²) in [5, 5.41) is 15.7. The highest BCUT2D eigenvalue weighted by Crippen LogP contribution is 2.33. The number of ether oxygens (including phenoxy) is 2. The molecule has 13 heteroatoms. The number of morpholine rings is 1. The van der Waals surface area contributed by atoms with E-state index in [1.165, 1.54) is 12.4 Å². The predicted molar refractivity (Wildman–Crippen MR) is 213 cm³/mol. The zero-order valence-corrected chi connectivity index (χ0v) is 31.8. The van der Waals surface area contributed by atoms with Crippen molar-refractivity contribution in [1.82, 2.24) is 29.6 Å². The van der Waals surface area contributed by atoms with Crippen LogP contribution in [-0.4, -0.2) is 66.9 Å². The third kappa shape index (κ3) is 8.73. The number of carbonyl (C=O) groups excluding carboxylic acids is 2. The SMILES string of the molecule is Cc1ccc(-n2nc(C(C)(C)C)cc2NC(=O)Nc2ccc(OCc3ccnc(Nc4cnc(C(=O)N5CC(C)OC(C)C5)cn4)c3)c3ccccc23)cc1. The Bertz CT molecular complexity index is 2310. The Kier molecular flexibility index (Phi) is 10.5. The third-order valence-corrected chi connectivity index (χ3v) is 9.18. The molecule has 3 aromatic carbocycles. The summed E-state index contributed by atoms with van der Waals surface area (Å²) in [6, 6.07) is 24.7. The van der Waals surface area contributed by atoms with Crippen LogP contribution in [0.15, 0.2) is 97.5 Å². The quantitative estimate of drug-likeness (QED) is 0.134. The molecular weight excluding hydrogens is 695 g/mol. The number of nitrogens with one attached hydrogen (secondary N) is 3. The average molecular weight is 740 g/mol. The molecule has 0 bridgehead atoms. The number of fused-ring (bicyclic) bond motifs is 1. The molecule has 13 nitrogen and oxygen atoms in total. The Labute approximate surface area is 320 Å². The number of benzene rings is 3. The van der Waals surface area contributed by atoms with E-state index in [-0.39, 0.29) is 35.8 Å². The van der Waals surface area contributed by atoms with Crippen molar-refractivity contribution in [3.8, 4) is 11.4 Å². The molecule has 282 valence electrons. The van der Waals surface area contributed by atoms with Crippen LogP contribution in [0, 0.1) is 6.92 Å². The summed E-state index contributed by atoms with van der Waals surface area (Å²) in [7, 11) is 0. The lowest BCUT2D eigenvalue weighted by atomic mass is 9.92. The molecule has 3 aromatic heterocycles. The minimum atomic E-state index is -0.392. The standard InChI is InChI=1S/C42H45N9O4/c1-26-11-13-30(14-12-26)51-39(20-36(49-51)42(4,5)6)48-41(53)46-33-15-16-35(32-10-8-7-9-31(32)33)54-25-29-17-18-43-37(19-29)47-38-22-44-34(21-45-38)40(52)50-23-27(2)55-28(3)24-50/h7-22,27-28H,23-25H2,1-6H3,(H,43,45,47)(H2,46,48,53). The van der Waals surface area contributed by atoms with E-state index >= 15 is 0 Å². The van der Waals surface area contributed by atoms with Gasteiger partial charge in [-0.05, 0) is 62.7 Å². The molecule has 3 N–H and O–H groups in total. The number of pyridine rings is 1. The fourth-order valence-corrected chi connectivity index (χ4v) is 6.43. The Balaban J connectivity index is 1.01. The van der Waals surface area contributed by atoms with Gasteiger partial charge in [-0.2, -0.15) is 5.10 Å². The summed E-state index contributed by atoms with van der Waals surface area (Å²) in [5.41, 5.74) is 4.42. The summed E-state index contributed by atoms with van der Waals surface area (Å²) < 4.78 is 13.8. The lowest BCUT2D eigenvalue weighted by Crippen LogP contribution is -2.48. The summed E-state index contributed by atoms with van der Waals surface area (Å²) in [6.07, 6.45) is 4.61. The molecule has 0 saturated carbocycles. The van der Waals surface area contributed by atoms with Gasteiger partial charge in [0.2, 0.25) is 0 Å². The lowest BCUT2D eigenvalue weighted by Gasteiger charge is -2.35. The molecule has 0 aliphatic carbocycles. The Morgan fingerprint density at radius 1 is 0.855 bits per heavy atom. The van der Waals surface area contributed by atoms with Crippen LogP contribution in [0.2, 0.25) is 0 Å². The van der Waals surface area contributed by atoms with Crippen molar-refractivity contribution in [3.63, 3.8) is 0 Å². The van der Waals surface area contributed by atoms with Gasteiger partial charge in [0.1, 0.15) is 35.5 Å². The first-order valence-electron chi connectivity index (χ1n) is 18.3. The van der Waals surface area contributed by atoms with E-state index in [0.717, 1.165) is 33.3 Å². The summed E-state index contributed by atoms with van der Waals surface area (Å²) in [4.78, 5) is 41.4. The van der Waals surface area contributed by atoms with Gasteiger partial charge in [-0.1, -0.05) is 62.7 Å². The van der Waals surface area contributed by atoms with Crippen LogP contribution in [0.4, 0.5) is 27.9 Å². The molecule has 0 spiro atoms. The van der Waals surface area contributed by atoms with E-state index in [9.17, 15) is 9.59 Å².